The molecule has 42 heavy (non-hydrogen) atoms. The topological polar surface area (TPSA) is 79.3 Å². The fourth-order valence-electron chi connectivity index (χ4n) is 5.25. The van der Waals surface area contributed by atoms with Gasteiger partial charge in [0, 0.05) is 48.7 Å². The van der Waals surface area contributed by atoms with Crippen molar-refractivity contribution < 1.29 is 17.9 Å². The number of halogens is 3. The fraction of sp³-hybridized carbons (Fsp3) is 0.484. The van der Waals surface area contributed by atoms with Crippen LogP contribution in [0.4, 0.5) is 19.1 Å². The SMILES string of the molecule is C1CCN(CCNC2CCNCC2)C1.C=C/C=C(\CCC)Nc1nccc(-n2ccc3ccc(OC(F)(F)F)cc32)n1. The number of nitrogens with one attached hydrogen (secondary N) is 3. The second-order valence-electron chi connectivity index (χ2n) is 10.5. The molecular formula is C31H42F3N7O. The molecule has 4 heterocycles. The number of hydrogen-bond donors (Lipinski definition) is 3. The molecule has 2 saturated heterocycles. The molecule has 0 saturated carbocycles. The summed E-state index contributed by atoms with van der Waals surface area (Å²) in [4.78, 5) is 11.3. The number of likely N-dealkylation sites (tertiary alicyclic amines) is 1. The van der Waals surface area contributed by atoms with Crippen molar-refractivity contribution in [2.75, 3.05) is 44.6 Å². The molecule has 8 nitrogen and oxygen atoms in total. The molecule has 228 valence electrons. The average molecular weight is 586 g/mol. The second kappa shape index (κ2) is 15.7. The first-order valence-corrected chi connectivity index (χ1v) is 14.8. The summed E-state index contributed by atoms with van der Waals surface area (Å²) < 4.78 is 43.3. The Kier molecular flexibility index (Phi) is 11.8. The molecular weight excluding hydrogens is 543 g/mol. The third-order valence-electron chi connectivity index (χ3n) is 7.30. The van der Waals surface area contributed by atoms with E-state index in [-0.39, 0.29) is 5.75 Å². The number of nitrogens with zero attached hydrogens (tertiary/aromatic N) is 4. The van der Waals surface area contributed by atoms with Crippen LogP contribution in [0.2, 0.25) is 0 Å². The molecule has 3 N–H and O–H groups in total. The highest BCUT2D eigenvalue weighted by molar-refractivity contribution is 5.83. The molecule has 11 heteroatoms. The Morgan fingerprint density at radius 1 is 1.17 bits per heavy atom. The van der Waals surface area contributed by atoms with Crippen LogP contribution >= 0.6 is 0 Å². The van der Waals surface area contributed by atoms with Crippen molar-refractivity contribution in [2.45, 2.75) is 57.9 Å². The van der Waals surface area contributed by atoms with E-state index in [1.54, 1.807) is 41.2 Å². The van der Waals surface area contributed by atoms with Crippen molar-refractivity contribution in [3.63, 3.8) is 0 Å². The van der Waals surface area contributed by atoms with Gasteiger partial charge in [-0.3, -0.25) is 0 Å². The van der Waals surface area contributed by atoms with Crippen molar-refractivity contribution in [1.29, 1.82) is 0 Å². The first-order chi connectivity index (χ1) is 20.3. The summed E-state index contributed by atoms with van der Waals surface area (Å²) in [5, 5.41) is 11.0. The van der Waals surface area contributed by atoms with Gasteiger partial charge < -0.3 is 30.2 Å². The van der Waals surface area contributed by atoms with Crippen LogP contribution in [0.3, 0.4) is 0 Å². The predicted molar refractivity (Wildman–Crippen MR) is 162 cm³/mol. The van der Waals surface area contributed by atoms with Gasteiger partial charge in [-0.2, -0.15) is 4.98 Å². The number of piperidine rings is 1. The lowest BCUT2D eigenvalue weighted by Gasteiger charge is -2.25. The smallest absolute Gasteiger partial charge is 0.406 e. The first-order valence-electron chi connectivity index (χ1n) is 14.8. The number of ether oxygens (including phenoxy) is 1. The molecule has 0 spiro atoms. The minimum Gasteiger partial charge on any atom is -0.406 e. The number of allylic oxidation sites excluding steroid dienone is 3. The van der Waals surface area contributed by atoms with Gasteiger partial charge in [0.2, 0.25) is 5.95 Å². The molecule has 2 aliphatic rings. The molecule has 2 fully saturated rings. The number of anilines is 1. The van der Waals surface area contributed by atoms with Crippen LogP contribution in [0, 0.1) is 0 Å². The zero-order chi connectivity index (χ0) is 29.8. The fourth-order valence-corrected chi connectivity index (χ4v) is 5.25. The Morgan fingerprint density at radius 2 is 1.95 bits per heavy atom. The van der Waals surface area contributed by atoms with Crippen molar-refractivity contribution in [2.24, 2.45) is 0 Å². The Bertz CT molecular complexity index is 1300. The van der Waals surface area contributed by atoms with Crippen LogP contribution < -0.4 is 20.7 Å². The Labute approximate surface area is 246 Å². The lowest BCUT2D eigenvalue weighted by molar-refractivity contribution is -0.274. The summed E-state index contributed by atoms with van der Waals surface area (Å²) in [6.45, 7) is 13.2. The summed E-state index contributed by atoms with van der Waals surface area (Å²) >= 11 is 0. The standard InChI is InChI=1S/C20H19F3N4O.C11H23N3/c1-3-5-15(6-4-2)25-19-24-11-9-18(26-19)27-12-10-14-7-8-16(13-17(14)27)28-20(21,22)23;1-2-9-14(8-1)10-7-13-11-3-5-12-6-4-11/h3,5,7-13H,1,4,6H2,2H3,(H,24,25,26);11-13H,1-10H2/b15-5+;. The molecule has 3 aromatic rings. The van der Waals surface area contributed by atoms with Gasteiger partial charge in [-0.1, -0.05) is 26.0 Å². The lowest BCUT2D eigenvalue weighted by Crippen LogP contribution is -2.42. The van der Waals surface area contributed by atoms with Crippen LogP contribution in [-0.4, -0.2) is 71.1 Å². The number of benzene rings is 1. The lowest BCUT2D eigenvalue weighted by atomic mass is 10.1. The third-order valence-corrected chi connectivity index (χ3v) is 7.30. The molecule has 0 atom stereocenters. The maximum absolute atomic E-state index is 12.5. The highest BCUT2D eigenvalue weighted by Crippen LogP contribution is 2.28. The molecule has 1 aromatic carbocycles. The maximum atomic E-state index is 12.5. The molecule has 0 bridgehead atoms. The Balaban J connectivity index is 0.000000241. The molecule has 2 aromatic heterocycles. The van der Waals surface area contributed by atoms with E-state index in [4.69, 9.17) is 0 Å². The van der Waals surface area contributed by atoms with Crippen molar-refractivity contribution >= 4 is 16.9 Å². The molecule has 0 aliphatic carbocycles. The maximum Gasteiger partial charge on any atom is 0.573 e. The van der Waals surface area contributed by atoms with Crippen molar-refractivity contribution in [3.05, 3.63) is 67.2 Å². The predicted octanol–water partition coefficient (Wildman–Crippen LogP) is 6.02. The van der Waals surface area contributed by atoms with Crippen molar-refractivity contribution in [1.82, 2.24) is 30.1 Å². The quantitative estimate of drug-likeness (QED) is 0.237. The largest absolute Gasteiger partial charge is 0.573 e. The number of hydrogen-bond acceptors (Lipinski definition) is 7. The van der Waals surface area contributed by atoms with Crippen LogP contribution in [0.5, 0.6) is 5.75 Å². The highest BCUT2D eigenvalue weighted by atomic mass is 19.4. The molecule has 0 unspecified atom stereocenters. The molecule has 0 radical (unpaired) electrons. The van der Waals surface area contributed by atoms with E-state index in [0.717, 1.165) is 30.0 Å². The van der Waals surface area contributed by atoms with E-state index in [1.807, 2.05) is 6.08 Å². The van der Waals surface area contributed by atoms with Gasteiger partial charge in [-0.05, 0) is 88.6 Å². The van der Waals surface area contributed by atoms with Crippen LogP contribution in [0.1, 0.15) is 45.4 Å². The van der Waals surface area contributed by atoms with Gasteiger partial charge in [0.25, 0.3) is 0 Å². The third kappa shape index (κ3) is 9.85. The van der Waals surface area contributed by atoms with Crippen LogP contribution in [-0.2, 0) is 0 Å². The second-order valence-corrected chi connectivity index (χ2v) is 10.5. The average Bonchev–Trinajstić information content (AvgIpc) is 3.64. The molecule has 5 rings (SSSR count). The number of fused-ring (bicyclic) bond motifs is 1. The normalized spacial score (nSPS) is 16.7. The van der Waals surface area contributed by atoms with Gasteiger partial charge >= 0.3 is 6.36 Å². The summed E-state index contributed by atoms with van der Waals surface area (Å²) in [6.07, 6.45) is 9.30. The van der Waals surface area contributed by atoms with Crippen LogP contribution in [0.25, 0.3) is 16.7 Å². The number of alkyl halides is 3. The first kappa shape index (κ1) is 31.5. The van der Waals surface area contributed by atoms with E-state index >= 15 is 0 Å². The summed E-state index contributed by atoms with van der Waals surface area (Å²) in [7, 11) is 0. The Morgan fingerprint density at radius 3 is 2.67 bits per heavy atom. The van der Waals surface area contributed by atoms with E-state index in [0.29, 0.717) is 17.3 Å². The van der Waals surface area contributed by atoms with E-state index in [2.05, 4.69) is 49.1 Å². The van der Waals surface area contributed by atoms with Crippen molar-refractivity contribution in [3.8, 4) is 11.6 Å². The van der Waals surface area contributed by atoms with Gasteiger partial charge in [0.1, 0.15) is 11.6 Å². The van der Waals surface area contributed by atoms with E-state index in [1.165, 1.54) is 77.1 Å². The van der Waals surface area contributed by atoms with Crippen LogP contribution in [0.15, 0.2) is 67.2 Å². The summed E-state index contributed by atoms with van der Waals surface area (Å²) in [6, 6.07) is 8.43. The molecule has 2 aliphatic heterocycles. The van der Waals surface area contributed by atoms with Gasteiger partial charge in [0.15, 0.2) is 0 Å². The summed E-state index contributed by atoms with van der Waals surface area (Å²) in [5.41, 5.74) is 1.47. The van der Waals surface area contributed by atoms with Gasteiger partial charge in [-0.15, -0.1) is 13.2 Å². The monoisotopic (exact) mass is 585 g/mol. The Hall–Kier alpha value is -3.41. The molecule has 0 amide bonds. The number of rotatable bonds is 11. The zero-order valence-electron chi connectivity index (χ0n) is 24.3. The van der Waals surface area contributed by atoms with E-state index < -0.39 is 6.36 Å². The van der Waals surface area contributed by atoms with E-state index in [9.17, 15) is 13.2 Å². The zero-order valence-corrected chi connectivity index (χ0v) is 24.3. The van der Waals surface area contributed by atoms with Gasteiger partial charge in [-0.25, -0.2) is 4.98 Å². The minimum absolute atomic E-state index is 0.286. The number of aromatic nitrogens is 3. The van der Waals surface area contributed by atoms with Gasteiger partial charge in [0.05, 0.1) is 5.52 Å². The highest BCUT2D eigenvalue weighted by Gasteiger charge is 2.31. The summed E-state index contributed by atoms with van der Waals surface area (Å²) in [5.74, 6) is 0.626. The minimum atomic E-state index is -4.75.